The molecule has 2 unspecified atom stereocenters. The van der Waals surface area contributed by atoms with E-state index >= 15 is 0 Å². The van der Waals surface area contributed by atoms with E-state index in [1.807, 2.05) is 13.1 Å². The molecule has 5 nitrogen and oxygen atoms in total. The van der Waals surface area contributed by atoms with Crippen LogP contribution in [-0.2, 0) is 11.2 Å². The number of aryl methyl sites for hydroxylation is 2. The number of aromatic nitrogens is 2. The zero-order valence-electron chi connectivity index (χ0n) is 11.1. The van der Waals surface area contributed by atoms with Gasteiger partial charge in [0.1, 0.15) is 0 Å². The van der Waals surface area contributed by atoms with Crippen LogP contribution in [0.3, 0.4) is 0 Å². The summed E-state index contributed by atoms with van der Waals surface area (Å²) in [5, 5.41) is 13.2. The van der Waals surface area contributed by atoms with Gasteiger partial charge in [-0.2, -0.15) is 5.10 Å². The zero-order chi connectivity index (χ0) is 13.0. The lowest BCUT2D eigenvalue weighted by molar-refractivity contribution is -0.125. The van der Waals surface area contributed by atoms with Gasteiger partial charge in [-0.15, -0.1) is 0 Å². The van der Waals surface area contributed by atoms with E-state index in [1.165, 1.54) is 5.56 Å². The van der Waals surface area contributed by atoms with Gasteiger partial charge in [0.25, 0.3) is 0 Å². The van der Waals surface area contributed by atoms with Gasteiger partial charge >= 0.3 is 0 Å². The minimum absolute atomic E-state index is 0.140. The van der Waals surface area contributed by atoms with Crippen LogP contribution in [0, 0.1) is 18.8 Å². The Hall–Kier alpha value is -1.36. The van der Waals surface area contributed by atoms with Crippen LogP contribution in [0.25, 0.3) is 0 Å². The number of carbonyl (C=O) groups excluding carboxylic acids is 1. The summed E-state index contributed by atoms with van der Waals surface area (Å²) >= 11 is 0. The molecule has 100 valence electrons. The number of H-pyrrole nitrogens is 1. The number of hydrogen-bond acceptors (Lipinski definition) is 3. The molecule has 3 N–H and O–H groups in total. The molecule has 1 aromatic rings. The predicted molar refractivity (Wildman–Crippen MR) is 70.2 cm³/mol. The highest BCUT2D eigenvalue weighted by atomic mass is 16.1. The highest BCUT2D eigenvalue weighted by Gasteiger charge is 2.28. The maximum atomic E-state index is 11.9. The van der Waals surface area contributed by atoms with Gasteiger partial charge in [0.05, 0.1) is 12.1 Å². The van der Waals surface area contributed by atoms with E-state index in [0.717, 1.165) is 38.2 Å². The third kappa shape index (κ3) is 3.10. The molecule has 1 aromatic heterocycles. The van der Waals surface area contributed by atoms with Crippen molar-refractivity contribution in [3.05, 3.63) is 17.5 Å². The summed E-state index contributed by atoms with van der Waals surface area (Å²) in [5.41, 5.74) is 2.36. The SMILES string of the molecule is Cc1[nH]ncc1CCCNC(=O)C1CNCC1C. The van der Waals surface area contributed by atoms with Gasteiger partial charge in [0.15, 0.2) is 0 Å². The van der Waals surface area contributed by atoms with Gasteiger partial charge in [0.2, 0.25) is 5.91 Å². The summed E-state index contributed by atoms with van der Waals surface area (Å²) in [6.07, 6.45) is 3.78. The van der Waals surface area contributed by atoms with Crippen molar-refractivity contribution in [3.63, 3.8) is 0 Å². The van der Waals surface area contributed by atoms with Gasteiger partial charge in [-0.05, 0) is 37.8 Å². The third-order valence-corrected chi connectivity index (χ3v) is 3.71. The van der Waals surface area contributed by atoms with Gasteiger partial charge in [0, 0.05) is 18.8 Å². The maximum Gasteiger partial charge on any atom is 0.224 e. The molecule has 0 radical (unpaired) electrons. The van der Waals surface area contributed by atoms with Crippen molar-refractivity contribution < 1.29 is 4.79 Å². The van der Waals surface area contributed by atoms with E-state index in [9.17, 15) is 4.79 Å². The van der Waals surface area contributed by atoms with Crippen LogP contribution >= 0.6 is 0 Å². The van der Waals surface area contributed by atoms with E-state index in [1.54, 1.807) is 0 Å². The molecular formula is C13H22N4O. The van der Waals surface area contributed by atoms with Gasteiger partial charge in [-0.1, -0.05) is 6.92 Å². The second kappa shape index (κ2) is 6.00. The fraction of sp³-hybridized carbons (Fsp3) is 0.692. The fourth-order valence-corrected chi connectivity index (χ4v) is 2.41. The Morgan fingerprint density at radius 3 is 3.00 bits per heavy atom. The number of rotatable bonds is 5. The third-order valence-electron chi connectivity index (χ3n) is 3.71. The lowest BCUT2D eigenvalue weighted by Gasteiger charge is -2.13. The molecule has 1 amide bonds. The molecule has 1 aliphatic rings. The minimum Gasteiger partial charge on any atom is -0.356 e. The Bertz CT molecular complexity index is 401. The maximum absolute atomic E-state index is 11.9. The molecule has 2 heterocycles. The highest BCUT2D eigenvalue weighted by molar-refractivity contribution is 5.79. The Kier molecular flexibility index (Phi) is 4.36. The number of amides is 1. The van der Waals surface area contributed by atoms with Crippen LogP contribution in [-0.4, -0.2) is 35.7 Å². The first kappa shape index (κ1) is 13.1. The van der Waals surface area contributed by atoms with Crippen molar-refractivity contribution in [1.29, 1.82) is 0 Å². The molecule has 18 heavy (non-hydrogen) atoms. The highest BCUT2D eigenvalue weighted by Crippen LogP contribution is 2.15. The second-order valence-electron chi connectivity index (χ2n) is 5.16. The molecule has 0 bridgehead atoms. The van der Waals surface area contributed by atoms with Crippen LogP contribution in [0.2, 0.25) is 0 Å². The molecule has 0 spiro atoms. The van der Waals surface area contributed by atoms with E-state index in [4.69, 9.17) is 0 Å². The fourth-order valence-electron chi connectivity index (χ4n) is 2.41. The van der Waals surface area contributed by atoms with Crippen molar-refractivity contribution in [2.45, 2.75) is 26.7 Å². The lowest BCUT2D eigenvalue weighted by Crippen LogP contribution is -2.35. The van der Waals surface area contributed by atoms with Crippen molar-refractivity contribution in [3.8, 4) is 0 Å². The van der Waals surface area contributed by atoms with Crippen LogP contribution < -0.4 is 10.6 Å². The lowest BCUT2D eigenvalue weighted by atomic mass is 9.97. The average Bonchev–Trinajstić information content (AvgIpc) is 2.94. The number of carbonyl (C=O) groups is 1. The first-order valence-electron chi connectivity index (χ1n) is 6.65. The molecule has 0 aliphatic carbocycles. The number of nitrogens with one attached hydrogen (secondary N) is 3. The monoisotopic (exact) mass is 250 g/mol. The summed E-state index contributed by atoms with van der Waals surface area (Å²) in [4.78, 5) is 11.9. The molecule has 1 aliphatic heterocycles. The molecule has 0 aromatic carbocycles. The standard InChI is InChI=1S/C13H22N4O/c1-9-6-14-8-12(9)13(18)15-5-3-4-11-7-16-17-10(11)2/h7,9,12,14H,3-6,8H2,1-2H3,(H,15,18)(H,16,17). The molecule has 1 saturated heterocycles. The molecular weight excluding hydrogens is 228 g/mol. The van der Waals surface area contributed by atoms with Crippen LogP contribution in [0.15, 0.2) is 6.20 Å². The Balaban J connectivity index is 1.66. The Morgan fingerprint density at radius 2 is 2.39 bits per heavy atom. The summed E-state index contributed by atoms with van der Waals surface area (Å²) in [6.45, 7) is 6.65. The number of nitrogens with zero attached hydrogens (tertiary/aromatic N) is 1. The quantitative estimate of drug-likeness (QED) is 0.671. The molecule has 0 saturated carbocycles. The molecule has 1 fully saturated rings. The van der Waals surface area contributed by atoms with E-state index < -0.39 is 0 Å². The number of aromatic amines is 1. The number of hydrogen-bond donors (Lipinski definition) is 3. The van der Waals surface area contributed by atoms with Gasteiger partial charge in [-0.3, -0.25) is 9.89 Å². The van der Waals surface area contributed by atoms with E-state index in [-0.39, 0.29) is 11.8 Å². The van der Waals surface area contributed by atoms with Gasteiger partial charge in [-0.25, -0.2) is 0 Å². The summed E-state index contributed by atoms with van der Waals surface area (Å²) in [6, 6.07) is 0. The van der Waals surface area contributed by atoms with Crippen molar-refractivity contribution in [1.82, 2.24) is 20.8 Å². The van der Waals surface area contributed by atoms with Crippen LogP contribution in [0.1, 0.15) is 24.6 Å². The van der Waals surface area contributed by atoms with Crippen LogP contribution in [0.4, 0.5) is 0 Å². The molecule has 2 rings (SSSR count). The summed E-state index contributed by atoms with van der Waals surface area (Å²) in [5.74, 6) is 0.776. The zero-order valence-corrected chi connectivity index (χ0v) is 11.1. The second-order valence-corrected chi connectivity index (χ2v) is 5.16. The topological polar surface area (TPSA) is 69.8 Å². The first-order chi connectivity index (χ1) is 8.68. The largest absolute Gasteiger partial charge is 0.356 e. The van der Waals surface area contributed by atoms with Crippen molar-refractivity contribution >= 4 is 5.91 Å². The van der Waals surface area contributed by atoms with Crippen molar-refractivity contribution in [2.24, 2.45) is 11.8 Å². The minimum atomic E-state index is 0.140. The van der Waals surface area contributed by atoms with E-state index in [2.05, 4.69) is 27.8 Å². The predicted octanol–water partition coefficient (Wildman–Crippen LogP) is 0.622. The summed E-state index contributed by atoms with van der Waals surface area (Å²) < 4.78 is 0. The first-order valence-corrected chi connectivity index (χ1v) is 6.65. The Morgan fingerprint density at radius 1 is 1.56 bits per heavy atom. The van der Waals surface area contributed by atoms with Crippen molar-refractivity contribution in [2.75, 3.05) is 19.6 Å². The Labute approximate surface area is 108 Å². The molecule has 5 heteroatoms. The normalized spacial score (nSPS) is 23.2. The van der Waals surface area contributed by atoms with Crippen LogP contribution in [0.5, 0.6) is 0 Å². The molecule has 2 atom stereocenters. The smallest absolute Gasteiger partial charge is 0.224 e. The summed E-state index contributed by atoms with van der Waals surface area (Å²) in [7, 11) is 0. The average molecular weight is 250 g/mol. The van der Waals surface area contributed by atoms with E-state index in [0.29, 0.717) is 5.92 Å². The van der Waals surface area contributed by atoms with Gasteiger partial charge < -0.3 is 10.6 Å².